The first-order valence-electron chi connectivity index (χ1n) is 9.06. The van der Waals surface area contributed by atoms with E-state index in [-0.39, 0.29) is 11.9 Å². The highest BCUT2D eigenvalue weighted by Gasteiger charge is 2.20. The molecule has 0 aliphatic heterocycles. The summed E-state index contributed by atoms with van der Waals surface area (Å²) in [6, 6.07) is 9.71. The average Bonchev–Trinajstić information content (AvgIpc) is 2.65. The number of amides is 1. The van der Waals surface area contributed by atoms with Crippen molar-refractivity contribution in [1.29, 1.82) is 0 Å². The van der Waals surface area contributed by atoms with Crippen molar-refractivity contribution in [3.05, 3.63) is 52.6 Å². The van der Waals surface area contributed by atoms with Gasteiger partial charge in [-0.1, -0.05) is 12.1 Å². The van der Waals surface area contributed by atoms with Crippen molar-refractivity contribution in [3.63, 3.8) is 0 Å². The number of hydrogen-bond acceptors (Lipinski definition) is 4. The number of benzene rings is 2. The largest absolute Gasteiger partial charge is 0.493 e. The molecule has 0 unspecified atom stereocenters. The normalized spacial score (nSPS) is 12.0. The molecule has 2 rings (SSSR count). The smallest absolute Gasteiger partial charge is 0.241 e. The van der Waals surface area contributed by atoms with E-state index >= 15 is 0 Å². The van der Waals surface area contributed by atoms with Gasteiger partial charge in [0.15, 0.2) is 11.5 Å². The number of carbonyl (C=O) groups excluding carboxylic acids is 1. The van der Waals surface area contributed by atoms with Crippen LogP contribution in [0.2, 0.25) is 0 Å². The molecule has 0 bridgehead atoms. The van der Waals surface area contributed by atoms with Gasteiger partial charge >= 0.3 is 0 Å². The monoisotopic (exact) mass is 370 g/mol. The first kappa shape index (κ1) is 20.8. The highest BCUT2D eigenvalue weighted by Crippen LogP contribution is 2.31. The molecule has 0 saturated heterocycles. The third-order valence-electron chi connectivity index (χ3n) is 4.95. The van der Waals surface area contributed by atoms with E-state index < -0.39 is 0 Å². The molecule has 0 fully saturated rings. The van der Waals surface area contributed by atoms with Crippen molar-refractivity contribution < 1.29 is 14.3 Å². The Hall–Kier alpha value is -2.53. The van der Waals surface area contributed by atoms with Gasteiger partial charge in [0, 0.05) is 12.2 Å². The van der Waals surface area contributed by atoms with Gasteiger partial charge in [-0.3, -0.25) is 9.69 Å². The Morgan fingerprint density at radius 3 is 2.30 bits per heavy atom. The van der Waals surface area contributed by atoms with Gasteiger partial charge in [0.1, 0.15) is 0 Å². The minimum absolute atomic E-state index is 0.0238. The molecule has 5 heteroatoms. The summed E-state index contributed by atoms with van der Waals surface area (Å²) in [7, 11) is 5.20. The standard InChI is InChI=1S/C22H30N2O3/c1-14-8-9-15(2)19(10-14)23-22(25)17(4)24(5)13-18-12-21(27-7)20(26-6)11-16(18)3/h8-12,17H,13H2,1-7H3,(H,23,25)/t17-/m1/s1. The number of hydrogen-bond donors (Lipinski definition) is 1. The number of aryl methyl sites for hydroxylation is 3. The average molecular weight is 370 g/mol. The molecule has 2 aromatic rings. The van der Waals surface area contributed by atoms with E-state index in [2.05, 4.69) is 5.32 Å². The summed E-state index contributed by atoms with van der Waals surface area (Å²) < 4.78 is 10.7. The Morgan fingerprint density at radius 1 is 1.04 bits per heavy atom. The van der Waals surface area contributed by atoms with E-state index in [1.54, 1.807) is 14.2 Å². The molecule has 1 atom stereocenters. The zero-order valence-corrected chi connectivity index (χ0v) is 17.3. The Balaban J connectivity index is 2.12. The topological polar surface area (TPSA) is 50.8 Å². The second-order valence-corrected chi connectivity index (χ2v) is 7.03. The van der Waals surface area contributed by atoms with Gasteiger partial charge in [-0.15, -0.1) is 0 Å². The Kier molecular flexibility index (Phi) is 6.86. The van der Waals surface area contributed by atoms with Crippen LogP contribution in [0, 0.1) is 20.8 Å². The van der Waals surface area contributed by atoms with Gasteiger partial charge in [0.2, 0.25) is 5.91 Å². The fourth-order valence-corrected chi connectivity index (χ4v) is 2.91. The molecule has 0 aromatic heterocycles. The van der Waals surface area contributed by atoms with Crippen molar-refractivity contribution in [3.8, 4) is 11.5 Å². The quantitative estimate of drug-likeness (QED) is 0.798. The maximum atomic E-state index is 12.7. The minimum Gasteiger partial charge on any atom is -0.493 e. The lowest BCUT2D eigenvalue weighted by Gasteiger charge is -2.25. The van der Waals surface area contributed by atoms with Crippen molar-refractivity contribution in [2.45, 2.75) is 40.3 Å². The van der Waals surface area contributed by atoms with Crippen LogP contribution in [0.15, 0.2) is 30.3 Å². The van der Waals surface area contributed by atoms with Crippen LogP contribution in [0.25, 0.3) is 0 Å². The molecule has 0 aliphatic rings. The molecule has 0 heterocycles. The first-order valence-corrected chi connectivity index (χ1v) is 9.06. The van der Waals surface area contributed by atoms with Gasteiger partial charge in [0.25, 0.3) is 0 Å². The van der Waals surface area contributed by atoms with E-state index in [1.807, 2.05) is 70.0 Å². The fourth-order valence-electron chi connectivity index (χ4n) is 2.91. The summed E-state index contributed by atoms with van der Waals surface area (Å²) >= 11 is 0. The van der Waals surface area contributed by atoms with Crippen LogP contribution >= 0.6 is 0 Å². The van der Waals surface area contributed by atoms with Crippen molar-refractivity contribution in [2.75, 3.05) is 26.6 Å². The lowest BCUT2D eigenvalue weighted by molar-refractivity contribution is -0.120. The van der Waals surface area contributed by atoms with E-state index in [4.69, 9.17) is 9.47 Å². The predicted octanol–water partition coefficient (Wildman–Crippen LogP) is 4.09. The number of nitrogens with one attached hydrogen (secondary N) is 1. The summed E-state index contributed by atoms with van der Waals surface area (Å²) in [6.07, 6.45) is 0. The summed E-state index contributed by atoms with van der Waals surface area (Å²) in [5.74, 6) is 1.38. The van der Waals surface area contributed by atoms with Crippen molar-refractivity contribution in [2.24, 2.45) is 0 Å². The van der Waals surface area contributed by atoms with Gasteiger partial charge in [-0.2, -0.15) is 0 Å². The van der Waals surface area contributed by atoms with Crippen LogP contribution in [0.5, 0.6) is 11.5 Å². The Labute approximate surface area is 162 Å². The van der Waals surface area contributed by atoms with Gasteiger partial charge < -0.3 is 14.8 Å². The van der Waals surface area contributed by atoms with E-state index in [9.17, 15) is 4.79 Å². The third kappa shape index (κ3) is 5.01. The second kappa shape index (κ2) is 8.91. The molecular formula is C22H30N2O3. The summed E-state index contributed by atoms with van der Waals surface area (Å²) in [5, 5.41) is 3.05. The highest BCUT2D eigenvalue weighted by molar-refractivity contribution is 5.95. The molecule has 0 spiro atoms. The van der Waals surface area contributed by atoms with Crippen LogP contribution in [0.4, 0.5) is 5.69 Å². The Bertz CT molecular complexity index is 817. The van der Waals surface area contributed by atoms with E-state index in [0.717, 1.165) is 27.9 Å². The highest BCUT2D eigenvalue weighted by atomic mass is 16.5. The fraction of sp³-hybridized carbons (Fsp3) is 0.409. The molecule has 0 radical (unpaired) electrons. The Morgan fingerprint density at radius 2 is 1.67 bits per heavy atom. The lowest BCUT2D eigenvalue weighted by Crippen LogP contribution is -2.39. The minimum atomic E-state index is -0.280. The predicted molar refractivity (Wildman–Crippen MR) is 110 cm³/mol. The van der Waals surface area contributed by atoms with Crippen molar-refractivity contribution >= 4 is 11.6 Å². The molecule has 0 saturated carbocycles. The van der Waals surface area contributed by atoms with Crippen LogP contribution < -0.4 is 14.8 Å². The number of anilines is 1. The van der Waals surface area contributed by atoms with Crippen LogP contribution in [0.1, 0.15) is 29.2 Å². The molecule has 1 amide bonds. The molecule has 1 N–H and O–H groups in total. The molecule has 0 aliphatic carbocycles. The lowest BCUT2D eigenvalue weighted by atomic mass is 10.1. The number of likely N-dealkylation sites (N-methyl/N-ethyl adjacent to an activating group) is 1. The zero-order valence-electron chi connectivity index (χ0n) is 17.3. The first-order chi connectivity index (χ1) is 12.8. The summed E-state index contributed by atoms with van der Waals surface area (Å²) in [6.45, 7) is 8.59. The zero-order chi connectivity index (χ0) is 20.1. The maximum Gasteiger partial charge on any atom is 0.241 e. The van der Waals surface area contributed by atoms with E-state index in [0.29, 0.717) is 18.0 Å². The molecule has 5 nitrogen and oxygen atoms in total. The molecule has 146 valence electrons. The van der Waals surface area contributed by atoms with Crippen LogP contribution in [0.3, 0.4) is 0 Å². The summed E-state index contributed by atoms with van der Waals surface area (Å²) in [5.41, 5.74) is 5.24. The van der Waals surface area contributed by atoms with Gasteiger partial charge in [-0.25, -0.2) is 0 Å². The number of carbonyl (C=O) groups is 1. The van der Waals surface area contributed by atoms with Crippen molar-refractivity contribution in [1.82, 2.24) is 4.90 Å². The number of methoxy groups -OCH3 is 2. The van der Waals surface area contributed by atoms with Gasteiger partial charge in [-0.05, 0) is 75.2 Å². The number of ether oxygens (including phenoxy) is 2. The SMILES string of the molecule is COc1cc(C)c(CN(C)[C@H](C)C(=O)Nc2cc(C)ccc2C)cc1OC. The van der Waals surface area contributed by atoms with Gasteiger partial charge in [0.05, 0.1) is 20.3 Å². The molecule has 27 heavy (non-hydrogen) atoms. The maximum absolute atomic E-state index is 12.7. The number of rotatable bonds is 7. The molecule has 2 aromatic carbocycles. The van der Waals surface area contributed by atoms with E-state index in [1.165, 1.54) is 0 Å². The number of nitrogens with zero attached hydrogens (tertiary/aromatic N) is 1. The summed E-state index contributed by atoms with van der Waals surface area (Å²) in [4.78, 5) is 14.7. The second-order valence-electron chi connectivity index (χ2n) is 7.03. The molecular weight excluding hydrogens is 340 g/mol. The van der Waals surface area contributed by atoms with Crippen LogP contribution in [-0.2, 0) is 11.3 Å². The third-order valence-corrected chi connectivity index (χ3v) is 4.95. The van der Waals surface area contributed by atoms with Crippen LogP contribution in [-0.4, -0.2) is 38.1 Å².